The van der Waals surface area contributed by atoms with Crippen molar-refractivity contribution in [2.24, 2.45) is 0 Å². The maximum Gasteiger partial charge on any atom is 0.226 e. The molecule has 4 heteroatoms. The topological polar surface area (TPSA) is 51.0 Å². The summed E-state index contributed by atoms with van der Waals surface area (Å²) in [6, 6.07) is 0.508. The quantitative estimate of drug-likeness (QED) is 0.758. The number of rotatable bonds is 8. The van der Waals surface area contributed by atoms with Crippen molar-refractivity contribution >= 4 is 0 Å². The number of hydrogen-bond donors (Lipinski definition) is 1. The van der Waals surface area contributed by atoms with Crippen LogP contribution in [-0.4, -0.2) is 22.7 Å². The summed E-state index contributed by atoms with van der Waals surface area (Å²) in [5, 5.41) is 7.47. The lowest BCUT2D eigenvalue weighted by molar-refractivity contribution is 0.360. The van der Waals surface area contributed by atoms with E-state index in [1.807, 2.05) is 0 Å². The van der Waals surface area contributed by atoms with Crippen LogP contribution in [-0.2, 0) is 6.42 Å². The molecule has 0 spiro atoms. The third-order valence-electron chi connectivity index (χ3n) is 3.07. The summed E-state index contributed by atoms with van der Waals surface area (Å²) in [6.07, 6.45) is 4.12. The lowest BCUT2D eigenvalue weighted by Gasteiger charge is -2.10. The molecular weight excluding hydrogens is 214 g/mol. The van der Waals surface area contributed by atoms with Gasteiger partial charge in [0.1, 0.15) is 0 Å². The summed E-state index contributed by atoms with van der Waals surface area (Å²) < 4.78 is 5.25. The molecule has 0 saturated heterocycles. The van der Waals surface area contributed by atoms with Crippen LogP contribution in [0.25, 0.3) is 0 Å². The minimum absolute atomic E-state index is 0.392. The molecule has 4 nitrogen and oxygen atoms in total. The van der Waals surface area contributed by atoms with Crippen LogP contribution < -0.4 is 5.32 Å². The predicted octanol–water partition coefficient (Wildman–Crippen LogP) is 2.90. The van der Waals surface area contributed by atoms with Crippen molar-refractivity contribution in [3.63, 3.8) is 0 Å². The van der Waals surface area contributed by atoms with E-state index in [0.29, 0.717) is 12.0 Å². The fourth-order valence-electron chi connectivity index (χ4n) is 1.59. The lowest BCUT2D eigenvalue weighted by Crippen LogP contribution is -2.27. The number of aryl methyl sites for hydroxylation is 1. The van der Waals surface area contributed by atoms with Crippen LogP contribution in [0.2, 0.25) is 0 Å². The molecule has 17 heavy (non-hydrogen) atoms. The second-order valence-corrected chi connectivity index (χ2v) is 4.75. The third kappa shape index (κ3) is 4.86. The Labute approximate surface area is 104 Å². The first-order chi connectivity index (χ1) is 8.17. The summed E-state index contributed by atoms with van der Waals surface area (Å²) in [4.78, 5) is 4.43. The van der Waals surface area contributed by atoms with Crippen LogP contribution in [0.5, 0.6) is 0 Å². The van der Waals surface area contributed by atoms with Crippen LogP contribution in [0.1, 0.15) is 64.6 Å². The minimum atomic E-state index is 0.392. The number of nitrogens with zero attached hydrogens (tertiary/aromatic N) is 2. The number of nitrogens with one attached hydrogen (secondary N) is 1. The monoisotopic (exact) mass is 239 g/mol. The molecule has 0 aromatic carbocycles. The highest BCUT2D eigenvalue weighted by atomic mass is 16.5. The van der Waals surface area contributed by atoms with Gasteiger partial charge in [0.05, 0.1) is 0 Å². The Bertz CT molecular complexity index is 311. The molecule has 1 rings (SSSR count). The highest BCUT2D eigenvalue weighted by molar-refractivity contribution is 4.93. The van der Waals surface area contributed by atoms with Crippen molar-refractivity contribution in [3.8, 4) is 0 Å². The fraction of sp³-hybridized carbons (Fsp3) is 0.846. The van der Waals surface area contributed by atoms with Gasteiger partial charge >= 0.3 is 0 Å². The summed E-state index contributed by atoms with van der Waals surface area (Å²) in [5.74, 6) is 2.00. The highest BCUT2D eigenvalue weighted by Crippen LogP contribution is 2.15. The number of hydrogen-bond acceptors (Lipinski definition) is 4. The van der Waals surface area contributed by atoms with Gasteiger partial charge in [0.15, 0.2) is 5.82 Å². The van der Waals surface area contributed by atoms with Gasteiger partial charge in [0, 0.05) is 18.4 Å². The van der Waals surface area contributed by atoms with Crippen LogP contribution in [0.15, 0.2) is 4.52 Å². The zero-order valence-electron chi connectivity index (χ0n) is 11.5. The zero-order chi connectivity index (χ0) is 12.7. The molecule has 2 atom stereocenters. The maximum atomic E-state index is 5.25. The van der Waals surface area contributed by atoms with E-state index in [2.05, 4.69) is 43.2 Å². The molecule has 1 aromatic heterocycles. The molecule has 0 aliphatic heterocycles. The first kappa shape index (κ1) is 14.2. The molecule has 98 valence electrons. The van der Waals surface area contributed by atoms with Gasteiger partial charge in [-0.25, -0.2) is 0 Å². The van der Waals surface area contributed by atoms with E-state index in [-0.39, 0.29) is 0 Å². The van der Waals surface area contributed by atoms with Crippen LogP contribution >= 0.6 is 0 Å². The summed E-state index contributed by atoms with van der Waals surface area (Å²) >= 11 is 0. The van der Waals surface area contributed by atoms with Gasteiger partial charge in [-0.05, 0) is 32.7 Å². The fourth-order valence-corrected chi connectivity index (χ4v) is 1.59. The van der Waals surface area contributed by atoms with Gasteiger partial charge in [-0.15, -0.1) is 0 Å². The zero-order valence-corrected chi connectivity index (χ0v) is 11.5. The molecule has 0 bridgehead atoms. The normalized spacial score (nSPS) is 14.8. The van der Waals surface area contributed by atoms with E-state index >= 15 is 0 Å². The van der Waals surface area contributed by atoms with E-state index in [1.165, 1.54) is 6.42 Å². The molecular formula is C13H25N3O. The Kier molecular flexibility index (Phi) is 6.19. The van der Waals surface area contributed by atoms with Gasteiger partial charge < -0.3 is 9.84 Å². The van der Waals surface area contributed by atoms with Crippen molar-refractivity contribution in [2.75, 3.05) is 6.54 Å². The highest BCUT2D eigenvalue weighted by Gasteiger charge is 2.12. The van der Waals surface area contributed by atoms with Gasteiger partial charge in [-0.2, -0.15) is 4.98 Å². The van der Waals surface area contributed by atoms with E-state index in [9.17, 15) is 0 Å². The van der Waals surface area contributed by atoms with Gasteiger partial charge in [-0.1, -0.05) is 25.9 Å². The van der Waals surface area contributed by atoms with Crippen molar-refractivity contribution < 1.29 is 4.52 Å². The average molecular weight is 239 g/mol. The Morgan fingerprint density at radius 3 is 2.71 bits per heavy atom. The van der Waals surface area contributed by atoms with Crippen LogP contribution in [0.3, 0.4) is 0 Å². The summed E-state index contributed by atoms with van der Waals surface area (Å²) in [7, 11) is 0. The maximum absolute atomic E-state index is 5.25. The number of aromatic nitrogens is 2. The largest absolute Gasteiger partial charge is 0.339 e. The summed E-state index contributed by atoms with van der Waals surface area (Å²) in [6.45, 7) is 9.71. The van der Waals surface area contributed by atoms with Crippen LogP contribution in [0.4, 0.5) is 0 Å². The predicted molar refractivity (Wildman–Crippen MR) is 69.1 cm³/mol. The minimum Gasteiger partial charge on any atom is -0.339 e. The second-order valence-electron chi connectivity index (χ2n) is 4.75. The molecule has 1 heterocycles. The second kappa shape index (κ2) is 7.43. The van der Waals surface area contributed by atoms with Crippen molar-refractivity contribution in [1.82, 2.24) is 15.5 Å². The smallest absolute Gasteiger partial charge is 0.226 e. The van der Waals surface area contributed by atoms with Crippen LogP contribution in [0, 0.1) is 0 Å². The van der Waals surface area contributed by atoms with E-state index in [0.717, 1.165) is 37.5 Å². The Balaban J connectivity index is 2.34. The Hall–Kier alpha value is -0.900. The third-order valence-corrected chi connectivity index (χ3v) is 3.07. The molecule has 2 unspecified atom stereocenters. The molecule has 0 radical (unpaired) electrons. The van der Waals surface area contributed by atoms with Gasteiger partial charge in [0.25, 0.3) is 0 Å². The standard InChI is InChI=1S/C13H25N3O/c1-5-9-14-11(4)7-8-12-15-13(16-17-12)10(3)6-2/h10-11,14H,5-9H2,1-4H3. The van der Waals surface area contributed by atoms with Gasteiger partial charge in [-0.3, -0.25) is 0 Å². The van der Waals surface area contributed by atoms with Gasteiger partial charge in [0.2, 0.25) is 5.89 Å². The van der Waals surface area contributed by atoms with Crippen molar-refractivity contribution in [1.29, 1.82) is 0 Å². The molecule has 0 fully saturated rings. The lowest BCUT2D eigenvalue weighted by atomic mass is 10.1. The Morgan fingerprint density at radius 1 is 1.29 bits per heavy atom. The first-order valence-corrected chi connectivity index (χ1v) is 6.73. The van der Waals surface area contributed by atoms with Crippen molar-refractivity contribution in [2.45, 2.75) is 65.3 Å². The SMILES string of the molecule is CCCNC(C)CCc1nc(C(C)CC)no1. The van der Waals surface area contributed by atoms with E-state index in [1.54, 1.807) is 0 Å². The van der Waals surface area contributed by atoms with E-state index in [4.69, 9.17) is 4.52 Å². The molecule has 0 aliphatic carbocycles. The molecule has 0 amide bonds. The molecule has 1 N–H and O–H groups in total. The molecule has 1 aromatic rings. The molecule has 0 saturated carbocycles. The van der Waals surface area contributed by atoms with Crippen molar-refractivity contribution in [3.05, 3.63) is 11.7 Å². The summed E-state index contributed by atoms with van der Waals surface area (Å²) in [5.41, 5.74) is 0. The Morgan fingerprint density at radius 2 is 2.06 bits per heavy atom. The first-order valence-electron chi connectivity index (χ1n) is 6.73. The van der Waals surface area contributed by atoms with E-state index < -0.39 is 0 Å². The average Bonchev–Trinajstić information content (AvgIpc) is 2.81. The molecule has 0 aliphatic rings.